The molecule has 40 heavy (non-hydrogen) atoms. The maximum atomic E-state index is 14.1. The van der Waals surface area contributed by atoms with Crippen molar-refractivity contribution in [2.75, 3.05) is 4.31 Å². The first-order valence-electron chi connectivity index (χ1n) is 12.6. The van der Waals surface area contributed by atoms with Crippen LogP contribution in [0, 0.1) is 0 Å². The summed E-state index contributed by atoms with van der Waals surface area (Å²) >= 11 is 12.3. The molecule has 1 unspecified atom stereocenters. The van der Waals surface area contributed by atoms with Gasteiger partial charge >= 0.3 is 5.97 Å². The van der Waals surface area contributed by atoms with Crippen LogP contribution in [0.1, 0.15) is 42.1 Å². The van der Waals surface area contributed by atoms with Crippen molar-refractivity contribution in [3.05, 3.63) is 100 Å². The molecule has 0 saturated carbocycles. The first kappa shape index (κ1) is 29.3. The number of aromatic nitrogens is 1. The first-order valence-corrected chi connectivity index (χ1v) is 14.7. The Morgan fingerprint density at radius 2 is 1.62 bits per heavy atom. The molecular weight excluding hydrogens is 573 g/mol. The van der Waals surface area contributed by atoms with Gasteiger partial charge in [-0.2, -0.15) is 0 Å². The van der Waals surface area contributed by atoms with Gasteiger partial charge in [-0.1, -0.05) is 67.2 Å². The Bertz CT molecular complexity index is 1630. The first-order chi connectivity index (χ1) is 19.1. The van der Waals surface area contributed by atoms with Crippen LogP contribution in [0.5, 0.6) is 0 Å². The number of aliphatic carboxylic acids is 1. The zero-order chi connectivity index (χ0) is 28.9. The van der Waals surface area contributed by atoms with Crippen LogP contribution in [0.2, 0.25) is 10.0 Å². The summed E-state index contributed by atoms with van der Waals surface area (Å²) in [6.45, 7) is 2.16. The van der Waals surface area contributed by atoms with Gasteiger partial charge in [-0.25, -0.2) is 13.2 Å². The van der Waals surface area contributed by atoms with E-state index >= 15 is 0 Å². The highest BCUT2D eigenvalue weighted by Gasteiger charge is 2.37. The van der Waals surface area contributed by atoms with Crippen LogP contribution in [0.15, 0.2) is 84.0 Å². The molecule has 3 aromatic carbocycles. The molecule has 1 heterocycles. The van der Waals surface area contributed by atoms with Crippen molar-refractivity contribution in [3.8, 4) is 0 Å². The highest BCUT2D eigenvalue weighted by molar-refractivity contribution is 7.93. The molecule has 1 atom stereocenters. The number of hydrogen-bond acceptors (Lipinski definition) is 5. The van der Waals surface area contributed by atoms with E-state index in [0.29, 0.717) is 29.2 Å². The fourth-order valence-electron chi connectivity index (χ4n) is 4.46. The largest absolute Gasteiger partial charge is 0.480 e. The van der Waals surface area contributed by atoms with Gasteiger partial charge in [0.25, 0.3) is 15.9 Å². The van der Waals surface area contributed by atoms with Crippen molar-refractivity contribution in [1.82, 2.24) is 10.3 Å². The van der Waals surface area contributed by atoms with E-state index in [1.165, 1.54) is 24.3 Å². The Hall–Kier alpha value is -3.66. The minimum absolute atomic E-state index is 0.0713. The fraction of sp³-hybridized carbons (Fsp3) is 0.207. The number of hydrogen-bond donors (Lipinski definition) is 2. The van der Waals surface area contributed by atoms with Gasteiger partial charge in [0.2, 0.25) is 0 Å². The van der Waals surface area contributed by atoms with Crippen molar-refractivity contribution in [2.24, 2.45) is 0 Å². The average molecular weight is 601 g/mol. The van der Waals surface area contributed by atoms with E-state index in [1.54, 1.807) is 54.9 Å². The topological polar surface area (TPSA) is 117 Å². The van der Waals surface area contributed by atoms with E-state index in [0.717, 1.165) is 9.87 Å². The molecule has 4 aromatic rings. The predicted molar refractivity (Wildman–Crippen MR) is 156 cm³/mol. The normalized spacial score (nSPS) is 12.2. The molecule has 0 spiro atoms. The number of halogens is 2. The second-order valence-electron chi connectivity index (χ2n) is 9.12. The van der Waals surface area contributed by atoms with E-state index in [2.05, 4.69) is 10.3 Å². The van der Waals surface area contributed by atoms with Crippen LogP contribution in [0.3, 0.4) is 0 Å². The number of carboxylic acid groups (broad SMARTS) is 1. The van der Waals surface area contributed by atoms with Crippen LogP contribution in [-0.2, 0) is 21.4 Å². The number of amides is 1. The number of nitrogens with one attached hydrogen (secondary N) is 1. The summed E-state index contributed by atoms with van der Waals surface area (Å²) in [4.78, 5) is 29.5. The number of unbranched alkanes of at least 4 members (excludes halogenated alkanes) is 1. The van der Waals surface area contributed by atoms with Gasteiger partial charge in [-0.15, -0.1) is 0 Å². The number of carboxylic acids is 1. The van der Waals surface area contributed by atoms with E-state index in [-0.39, 0.29) is 39.5 Å². The smallest absolute Gasteiger partial charge is 0.327 e. The second-order valence-corrected chi connectivity index (χ2v) is 11.8. The summed E-state index contributed by atoms with van der Waals surface area (Å²) in [5.74, 6) is -1.66. The Morgan fingerprint density at radius 1 is 0.975 bits per heavy atom. The third kappa shape index (κ3) is 6.38. The van der Waals surface area contributed by atoms with E-state index in [4.69, 9.17) is 23.2 Å². The van der Waals surface area contributed by atoms with Gasteiger partial charge < -0.3 is 10.4 Å². The molecule has 0 radical (unpaired) electrons. The summed E-state index contributed by atoms with van der Waals surface area (Å²) in [7, 11) is -4.47. The molecular formula is C29H27Cl2N3O5S. The van der Waals surface area contributed by atoms with Gasteiger partial charge in [-0.3, -0.25) is 14.1 Å². The summed E-state index contributed by atoms with van der Waals surface area (Å²) in [5.41, 5.74) is 1.31. The molecule has 208 valence electrons. The molecule has 0 aliphatic carbocycles. The van der Waals surface area contributed by atoms with Crippen molar-refractivity contribution in [2.45, 2.75) is 43.7 Å². The average Bonchev–Trinajstić information content (AvgIpc) is 2.93. The zero-order valence-corrected chi connectivity index (χ0v) is 23.9. The summed E-state index contributed by atoms with van der Waals surface area (Å²) in [5, 5.41) is 14.1. The number of rotatable bonds is 11. The zero-order valence-electron chi connectivity index (χ0n) is 21.6. The molecule has 0 aliphatic heterocycles. The summed E-state index contributed by atoms with van der Waals surface area (Å²) in [6.07, 6.45) is 4.48. The maximum Gasteiger partial charge on any atom is 0.327 e. The number of carbonyl (C=O) groups is 2. The van der Waals surface area contributed by atoms with Crippen LogP contribution in [0.4, 0.5) is 5.69 Å². The Balaban J connectivity index is 1.86. The standard InChI is InChI=1S/C29H27Cl2N3O5S/c1-2-3-9-27(29(36)37)34(40(38,39)22-16-20(30)15-21(31)17-22)26-10-5-6-23-24(26)7-4-8-25(23)28(35)33-18-19-11-13-32-14-12-19/h4-8,10-17,27H,2-3,9,18H2,1H3,(H,33,35)(H,36,37). The number of carbonyl (C=O) groups excluding carboxylic acids is 1. The highest BCUT2D eigenvalue weighted by Crippen LogP contribution is 2.36. The monoisotopic (exact) mass is 599 g/mol. The lowest BCUT2D eigenvalue weighted by Gasteiger charge is -2.31. The summed E-state index contributed by atoms with van der Waals surface area (Å²) in [6, 6.07) is 15.8. The van der Waals surface area contributed by atoms with Crippen LogP contribution < -0.4 is 9.62 Å². The van der Waals surface area contributed by atoms with Gasteiger partial charge in [0.1, 0.15) is 6.04 Å². The molecule has 4 rings (SSSR count). The Kier molecular flexibility index (Phi) is 9.29. The van der Waals surface area contributed by atoms with E-state index < -0.39 is 22.0 Å². The van der Waals surface area contributed by atoms with Crippen molar-refractivity contribution < 1.29 is 23.1 Å². The molecule has 1 amide bonds. The van der Waals surface area contributed by atoms with Gasteiger partial charge in [0.05, 0.1) is 10.6 Å². The van der Waals surface area contributed by atoms with Gasteiger partial charge in [0.15, 0.2) is 0 Å². The lowest BCUT2D eigenvalue weighted by atomic mass is 10.0. The highest BCUT2D eigenvalue weighted by atomic mass is 35.5. The number of fused-ring (bicyclic) bond motifs is 1. The lowest BCUT2D eigenvalue weighted by Crippen LogP contribution is -2.45. The minimum atomic E-state index is -4.47. The number of sulfonamides is 1. The summed E-state index contributed by atoms with van der Waals surface area (Å²) < 4.78 is 29.2. The second kappa shape index (κ2) is 12.7. The van der Waals surface area contributed by atoms with Crippen LogP contribution in [-0.4, -0.2) is 36.4 Å². The SMILES string of the molecule is CCCCC(C(=O)O)N(c1cccc2c(C(=O)NCc3ccncc3)cccc12)S(=O)(=O)c1cc(Cl)cc(Cl)c1. The Morgan fingerprint density at radius 3 is 2.27 bits per heavy atom. The van der Waals surface area contributed by atoms with Crippen molar-refractivity contribution in [3.63, 3.8) is 0 Å². The van der Waals surface area contributed by atoms with Crippen LogP contribution >= 0.6 is 23.2 Å². The molecule has 2 N–H and O–H groups in total. The third-order valence-corrected chi connectivity index (χ3v) is 8.61. The molecule has 0 fully saturated rings. The Labute approximate surface area is 242 Å². The molecule has 8 nitrogen and oxygen atoms in total. The molecule has 11 heteroatoms. The maximum absolute atomic E-state index is 14.1. The number of pyridine rings is 1. The van der Waals surface area contributed by atoms with E-state index in [1.807, 2.05) is 6.92 Å². The minimum Gasteiger partial charge on any atom is -0.480 e. The number of benzene rings is 3. The molecule has 0 saturated heterocycles. The van der Waals surface area contributed by atoms with E-state index in [9.17, 15) is 23.1 Å². The van der Waals surface area contributed by atoms with Gasteiger partial charge in [0, 0.05) is 39.9 Å². The lowest BCUT2D eigenvalue weighted by molar-refractivity contribution is -0.138. The van der Waals surface area contributed by atoms with Crippen LogP contribution in [0.25, 0.3) is 10.8 Å². The van der Waals surface area contributed by atoms with Crippen molar-refractivity contribution in [1.29, 1.82) is 0 Å². The molecule has 0 aliphatic rings. The fourth-order valence-corrected chi connectivity index (χ4v) is 6.84. The number of anilines is 1. The predicted octanol–water partition coefficient (Wildman–Crippen LogP) is 6.31. The molecule has 0 bridgehead atoms. The third-order valence-electron chi connectivity index (χ3n) is 6.38. The number of nitrogens with zero attached hydrogens (tertiary/aromatic N) is 2. The molecule has 1 aromatic heterocycles. The van der Waals surface area contributed by atoms with Gasteiger partial charge in [-0.05, 0) is 59.8 Å². The quantitative estimate of drug-likeness (QED) is 0.208. The van der Waals surface area contributed by atoms with Crippen molar-refractivity contribution >= 4 is 61.6 Å².